The van der Waals surface area contributed by atoms with Crippen molar-refractivity contribution >= 4 is 5.78 Å². The van der Waals surface area contributed by atoms with Gasteiger partial charge >= 0.3 is 0 Å². The van der Waals surface area contributed by atoms with E-state index in [9.17, 15) is 19.2 Å². The number of ketones is 1. The van der Waals surface area contributed by atoms with E-state index in [1.807, 2.05) is 24.5 Å². The number of carbonyl (C=O) groups excluding carboxylic acids is 1. The number of aryl methyl sites for hydroxylation is 3. The SMILES string of the molecule is Cc1nn(CC(=O)c2cc(C)n(CCc3ccc(F)cc3)c2C)c(=O)c(C#N)c1C. The van der Waals surface area contributed by atoms with Gasteiger partial charge in [-0.3, -0.25) is 9.59 Å². The second-order valence-electron chi connectivity index (χ2n) is 7.40. The highest BCUT2D eigenvalue weighted by molar-refractivity contribution is 5.97. The van der Waals surface area contributed by atoms with Crippen LogP contribution < -0.4 is 5.56 Å². The normalized spacial score (nSPS) is 10.8. The third-order valence-electron chi connectivity index (χ3n) is 5.45. The molecule has 0 radical (unpaired) electrons. The first kappa shape index (κ1) is 21.2. The van der Waals surface area contributed by atoms with E-state index in [-0.39, 0.29) is 23.7 Å². The van der Waals surface area contributed by atoms with Gasteiger partial charge in [0, 0.05) is 23.5 Å². The summed E-state index contributed by atoms with van der Waals surface area (Å²) in [4.78, 5) is 25.4. The molecule has 154 valence electrons. The first-order chi connectivity index (χ1) is 14.2. The Morgan fingerprint density at radius 2 is 1.83 bits per heavy atom. The molecule has 1 aromatic carbocycles. The molecule has 3 aromatic rings. The Morgan fingerprint density at radius 1 is 1.17 bits per heavy atom. The molecule has 30 heavy (non-hydrogen) atoms. The van der Waals surface area contributed by atoms with Crippen molar-refractivity contribution < 1.29 is 9.18 Å². The van der Waals surface area contributed by atoms with Crippen LogP contribution in [0.2, 0.25) is 0 Å². The lowest BCUT2D eigenvalue weighted by Gasteiger charge is -2.11. The number of hydrogen-bond donors (Lipinski definition) is 0. The molecule has 2 heterocycles. The van der Waals surface area contributed by atoms with E-state index in [4.69, 9.17) is 0 Å². The quantitative estimate of drug-likeness (QED) is 0.588. The molecule has 0 atom stereocenters. The number of nitrogens with zero attached hydrogens (tertiary/aromatic N) is 4. The van der Waals surface area contributed by atoms with Crippen molar-refractivity contribution in [1.82, 2.24) is 14.3 Å². The fraction of sp³-hybridized carbons (Fsp3) is 0.304. The lowest BCUT2D eigenvalue weighted by Crippen LogP contribution is -2.30. The summed E-state index contributed by atoms with van der Waals surface area (Å²) in [6.45, 7) is 7.58. The lowest BCUT2D eigenvalue weighted by atomic mass is 10.1. The van der Waals surface area contributed by atoms with Gasteiger partial charge in [-0.25, -0.2) is 9.07 Å². The molecular weight excluding hydrogens is 383 g/mol. The highest BCUT2D eigenvalue weighted by Gasteiger charge is 2.19. The van der Waals surface area contributed by atoms with Crippen LogP contribution in [-0.4, -0.2) is 20.1 Å². The van der Waals surface area contributed by atoms with Gasteiger partial charge in [0.25, 0.3) is 5.56 Å². The monoisotopic (exact) mass is 406 g/mol. The first-order valence-corrected chi connectivity index (χ1v) is 9.65. The molecule has 0 fully saturated rings. The maximum atomic E-state index is 13.1. The molecule has 0 aliphatic carbocycles. The van der Waals surface area contributed by atoms with E-state index in [1.54, 1.807) is 32.0 Å². The zero-order valence-corrected chi connectivity index (χ0v) is 17.5. The zero-order chi connectivity index (χ0) is 22.0. The Balaban J connectivity index is 1.84. The summed E-state index contributed by atoms with van der Waals surface area (Å²) in [5.41, 5.74) is 3.80. The third-order valence-corrected chi connectivity index (χ3v) is 5.45. The van der Waals surface area contributed by atoms with E-state index in [2.05, 4.69) is 5.10 Å². The van der Waals surface area contributed by atoms with E-state index in [0.29, 0.717) is 29.8 Å². The van der Waals surface area contributed by atoms with Crippen LogP contribution in [0.15, 0.2) is 35.1 Å². The predicted octanol–water partition coefficient (Wildman–Crippen LogP) is 3.41. The van der Waals surface area contributed by atoms with E-state index in [0.717, 1.165) is 21.6 Å². The predicted molar refractivity (Wildman–Crippen MR) is 111 cm³/mol. The maximum absolute atomic E-state index is 13.1. The van der Waals surface area contributed by atoms with Crippen molar-refractivity contribution in [2.24, 2.45) is 0 Å². The number of carbonyl (C=O) groups is 1. The van der Waals surface area contributed by atoms with Crippen molar-refractivity contribution in [2.45, 2.75) is 47.2 Å². The highest BCUT2D eigenvalue weighted by atomic mass is 19.1. The van der Waals surface area contributed by atoms with Crippen LogP contribution in [0, 0.1) is 44.8 Å². The summed E-state index contributed by atoms with van der Waals surface area (Å²) in [5, 5.41) is 13.4. The smallest absolute Gasteiger partial charge is 0.285 e. The lowest BCUT2D eigenvalue weighted by molar-refractivity contribution is 0.0964. The largest absolute Gasteiger partial charge is 0.348 e. The highest BCUT2D eigenvalue weighted by Crippen LogP contribution is 2.18. The molecule has 0 saturated carbocycles. The molecule has 6 nitrogen and oxygen atoms in total. The maximum Gasteiger partial charge on any atom is 0.285 e. The number of Topliss-reactive ketones (excluding diaryl/α,β-unsaturated/α-hetero) is 1. The third kappa shape index (κ3) is 4.08. The molecule has 0 amide bonds. The van der Waals surface area contributed by atoms with Gasteiger partial charge in [0.2, 0.25) is 0 Å². The molecular formula is C23H23FN4O2. The van der Waals surface area contributed by atoms with Crippen molar-refractivity contribution in [3.63, 3.8) is 0 Å². The van der Waals surface area contributed by atoms with Gasteiger partial charge in [-0.2, -0.15) is 10.4 Å². The minimum absolute atomic E-state index is 0.0140. The zero-order valence-electron chi connectivity index (χ0n) is 17.5. The van der Waals surface area contributed by atoms with E-state index < -0.39 is 5.56 Å². The van der Waals surface area contributed by atoms with E-state index >= 15 is 0 Å². The first-order valence-electron chi connectivity index (χ1n) is 9.65. The average molecular weight is 406 g/mol. The molecule has 0 bridgehead atoms. The van der Waals surface area contributed by atoms with Gasteiger partial charge in [0.05, 0.1) is 5.69 Å². The van der Waals surface area contributed by atoms with Crippen LogP contribution in [0.4, 0.5) is 4.39 Å². The summed E-state index contributed by atoms with van der Waals surface area (Å²) in [6.07, 6.45) is 0.702. The van der Waals surface area contributed by atoms with Crippen LogP contribution in [0.25, 0.3) is 0 Å². The summed E-state index contributed by atoms with van der Waals surface area (Å²) < 4.78 is 16.2. The second-order valence-corrected chi connectivity index (χ2v) is 7.40. The fourth-order valence-corrected chi connectivity index (χ4v) is 3.55. The topological polar surface area (TPSA) is 80.7 Å². The summed E-state index contributed by atoms with van der Waals surface area (Å²) >= 11 is 0. The molecule has 0 aliphatic heterocycles. The second kappa shape index (κ2) is 8.46. The number of halogens is 1. The molecule has 2 aromatic heterocycles. The number of aromatic nitrogens is 3. The van der Waals surface area contributed by atoms with Crippen LogP contribution >= 0.6 is 0 Å². The Bertz CT molecular complexity index is 1210. The summed E-state index contributed by atoms with van der Waals surface area (Å²) in [7, 11) is 0. The van der Waals surface area contributed by atoms with Crippen LogP contribution in [0.3, 0.4) is 0 Å². The minimum atomic E-state index is -0.556. The molecule has 0 N–H and O–H groups in total. The number of benzene rings is 1. The van der Waals surface area contributed by atoms with Crippen LogP contribution in [0.1, 0.15) is 44.1 Å². The molecule has 0 aliphatic rings. The molecule has 7 heteroatoms. The van der Waals surface area contributed by atoms with Crippen molar-refractivity contribution in [3.05, 3.63) is 85.8 Å². The van der Waals surface area contributed by atoms with Crippen LogP contribution in [-0.2, 0) is 19.5 Å². The van der Waals surface area contributed by atoms with Crippen molar-refractivity contribution in [2.75, 3.05) is 0 Å². The standard InChI is InChI=1S/C23H23FN4O2/c1-14-11-20(17(4)27(14)10-9-18-5-7-19(24)8-6-18)22(29)13-28-23(30)21(12-25)15(2)16(3)26-28/h5-8,11H,9-10,13H2,1-4H3. The molecule has 3 rings (SSSR count). The van der Waals surface area contributed by atoms with Gasteiger partial charge < -0.3 is 4.57 Å². The van der Waals surface area contributed by atoms with Gasteiger partial charge in [-0.15, -0.1) is 0 Å². The number of nitriles is 1. The molecule has 0 saturated heterocycles. The fourth-order valence-electron chi connectivity index (χ4n) is 3.55. The number of rotatable bonds is 6. The van der Waals surface area contributed by atoms with Gasteiger partial charge in [-0.1, -0.05) is 12.1 Å². The Morgan fingerprint density at radius 3 is 2.47 bits per heavy atom. The summed E-state index contributed by atoms with van der Waals surface area (Å²) in [6, 6.07) is 10.1. The van der Waals surface area contributed by atoms with Gasteiger partial charge in [0.1, 0.15) is 24.0 Å². The van der Waals surface area contributed by atoms with Crippen molar-refractivity contribution in [1.29, 1.82) is 5.26 Å². The molecule has 0 spiro atoms. The molecule has 0 unspecified atom stereocenters. The average Bonchev–Trinajstić information content (AvgIpc) is 3.00. The minimum Gasteiger partial charge on any atom is -0.348 e. The Kier molecular flexibility index (Phi) is 5.97. The van der Waals surface area contributed by atoms with Gasteiger partial charge in [-0.05, 0) is 63.4 Å². The van der Waals surface area contributed by atoms with E-state index in [1.165, 1.54) is 12.1 Å². The Labute approximate surface area is 174 Å². The number of hydrogen-bond acceptors (Lipinski definition) is 4. The summed E-state index contributed by atoms with van der Waals surface area (Å²) in [5.74, 6) is -0.507. The van der Waals surface area contributed by atoms with Crippen molar-refractivity contribution in [3.8, 4) is 6.07 Å². The van der Waals surface area contributed by atoms with Crippen LogP contribution in [0.5, 0.6) is 0 Å². The van der Waals surface area contributed by atoms with Gasteiger partial charge in [0.15, 0.2) is 5.78 Å². The Hall–Kier alpha value is -3.53.